The zero-order valence-corrected chi connectivity index (χ0v) is 15.8. The summed E-state index contributed by atoms with van der Waals surface area (Å²) < 4.78 is 70.7. The molecule has 0 aromatic heterocycles. The van der Waals surface area contributed by atoms with E-state index in [1.807, 2.05) is 0 Å². The maximum atomic E-state index is 12.9. The maximum absolute atomic E-state index is 12.9. The number of rotatable bonds is 3. The third-order valence-corrected chi connectivity index (χ3v) is 7.01. The molecule has 2 fully saturated rings. The van der Waals surface area contributed by atoms with Gasteiger partial charge in [0.25, 0.3) is 5.91 Å². The number of benzene rings is 1. The summed E-state index contributed by atoms with van der Waals surface area (Å²) in [6.45, 7) is 0.780. The number of halogens is 4. The molecule has 0 radical (unpaired) electrons. The molecule has 3 rings (SSSR count). The van der Waals surface area contributed by atoms with Crippen LogP contribution in [0, 0.1) is 0 Å². The second kappa shape index (κ2) is 7.57. The van der Waals surface area contributed by atoms with Gasteiger partial charge in [0.05, 0.1) is 10.6 Å². The van der Waals surface area contributed by atoms with Crippen molar-refractivity contribution in [2.45, 2.75) is 30.0 Å². The molecule has 2 saturated heterocycles. The van der Waals surface area contributed by atoms with Gasteiger partial charge in [-0.1, -0.05) is 11.6 Å². The highest BCUT2D eigenvalue weighted by Gasteiger charge is 2.37. The molecule has 0 N–H and O–H groups in total. The Kier molecular flexibility index (Phi) is 5.72. The molecular formula is C16H18ClF3N2O4S. The minimum absolute atomic E-state index is 0.0205. The monoisotopic (exact) mass is 426 g/mol. The van der Waals surface area contributed by atoms with Crippen molar-refractivity contribution in [3.8, 4) is 0 Å². The number of hydrogen-bond donors (Lipinski definition) is 0. The highest BCUT2D eigenvalue weighted by atomic mass is 35.5. The molecular weight excluding hydrogens is 409 g/mol. The molecule has 150 valence electrons. The zero-order chi connectivity index (χ0) is 19.8. The minimum Gasteiger partial charge on any atom is -0.368 e. The number of ether oxygens (including phenoxy) is 1. The zero-order valence-electron chi connectivity index (χ0n) is 14.2. The lowest BCUT2D eigenvalue weighted by Crippen LogP contribution is -2.52. The molecule has 6 nitrogen and oxygen atoms in total. The van der Waals surface area contributed by atoms with E-state index in [0.29, 0.717) is 19.1 Å². The van der Waals surface area contributed by atoms with Crippen LogP contribution in [0.5, 0.6) is 0 Å². The van der Waals surface area contributed by atoms with E-state index in [-0.39, 0.29) is 37.1 Å². The Bertz CT molecular complexity index is 817. The van der Waals surface area contributed by atoms with Crippen LogP contribution in [0.15, 0.2) is 23.1 Å². The second-order valence-electron chi connectivity index (χ2n) is 6.37. The largest absolute Gasteiger partial charge is 0.416 e. The number of nitrogens with zero attached hydrogens (tertiary/aromatic N) is 2. The second-order valence-corrected chi connectivity index (χ2v) is 8.69. The van der Waals surface area contributed by atoms with Crippen molar-refractivity contribution < 1.29 is 31.1 Å². The fourth-order valence-corrected chi connectivity index (χ4v) is 5.06. The molecule has 2 aliphatic rings. The summed E-state index contributed by atoms with van der Waals surface area (Å²) in [6.07, 6.45) is -3.73. The number of carbonyl (C=O) groups excluding carboxylic acids is 1. The van der Waals surface area contributed by atoms with Crippen molar-refractivity contribution >= 4 is 27.5 Å². The van der Waals surface area contributed by atoms with Crippen LogP contribution in [0.3, 0.4) is 0 Å². The van der Waals surface area contributed by atoms with Gasteiger partial charge in [-0.05, 0) is 31.0 Å². The lowest BCUT2D eigenvalue weighted by atomic mass is 10.2. The maximum Gasteiger partial charge on any atom is 0.416 e. The summed E-state index contributed by atoms with van der Waals surface area (Å²) in [5, 5.41) is -0.277. The highest BCUT2D eigenvalue weighted by Crippen LogP contribution is 2.34. The van der Waals surface area contributed by atoms with Crippen LogP contribution >= 0.6 is 11.6 Å². The first-order chi connectivity index (χ1) is 12.6. The first kappa shape index (κ1) is 20.4. The van der Waals surface area contributed by atoms with Gasteiger partial charge in [-0.2, -0.15) is 17.5 Å². The molecule has 1 aromatic rings. The molecule has 0 unspecified atom stereocenters. The third-order valence-electron chi connectivity index (χ3n) is 4.63. The van der Waals surface area contributed by atoms with E-state index in [1.165, 1.54) is 4.90 Å². The summed E-state index contributed by atoms with van der Waals surface area (Å²) in [5.74, 6) is -0.179. The molecule has 2 heterocycles. The Morgan fingerprint density at radius 2 is 1.85 bits per heavy atom. The minimum atomic E-state index is -4.68. The molecule has 0 spiro atoms. The average Bonchev–Trinajstić information content (AvgIpc) is 3.15. The van der Waals surface area contributed by atoms with Crippen molar-refractivity contribution in [2.75, 3.05) is 32.8 Å². The quantitative estimate of drug-likeness (QED) is 0.744. The summed E-state index contributed by atoms with van der Waals surface area (Å²) in [6, 6.07) is 2.20. The molecule has 0 aliphatic carbocycles. The Labute approximate surface area is 159 Å². The molecule has 27 heavy (non-hydrogen) atoms. The summed E-state index contributed by atoms with van der Waals surface area (Å²) in [4.78, 5) is 13.3. The van der Waals surface area contributed by atoms with Crippen molar-refractivity contribution in [3.63, 3.8) is 0 Å². The van der Waals surface area contributed by atoms with Gasteiger partial charge in [-0.15, -0.1) is 0 Å². The fraction of sp³-hybridized carbons (Fsp3) is 0.562. The predicted octanol–water partition coefficient (Wildman–Crippen LogP) is 2.37. The van der Waals surface area contributed by atoms with Gasteiger partial charge in [0.2, 0.25) is 10.0 Å². The van der Waals surface area contributed by atoms with E-state index in [2.05, 4.69) is 0 Å². The smallest absolute Gasteiger partial charge is 0.368 e. The third kappa shape index (κ3) is 4.23. The lowest BCUT2D eigenvalue weighted by Gasteiger charge is -2.35. The van der Waals surface area contributed by atoms with Crippen LogP contribution in [-0.4, -0.2) is 62.4 Å². The first-order valence-corrected chi connectivity index (χ1v) is 10.2. The van der Waals surface area contributed by atoms with Crippen molar-refractivity contribution in [1.29, 1.82) is 0 Å². The van der Waals surface area contributed by atoms with Crippen LogP contribution in [0.4, 0.5) is 13.2 Å². The molecule has 0 bridgehead atoms. The van der Waals surface area contributed by atoms with E-state index in [1.54, 1.807) is 0 Å². The van der Waals surface area contributed by atoms with E-state index in [4.69, 9.17) is 16.3 Å². The van der Waals surface area contributed by atoms with Gasteiger partial charge >= 0.3 is 6.18 Å². The van der Waals surface area contributed by atoms with Crippen LogP contribution in [-0.2, 0) is 25.7 Å². The molecule has 0 saturated carbocycles. The number of piperazine rings is 1. The lowest BCUT2D eigenvalue weighted by molar-refractivity contribution is -0.142. The van der Waals surface area contributed by atoms with E-state index < -0.39 is 32.8 Å². The van der Waals surface area contributed by atoms with E-state index >= 15 is 0 Å². The Balaban J connectivity index is 1.74. The standard InChI is InChI=1S/C16H18ClF3N2O4S/c17-12-4-3-11(16(18,19)20)10-14(12)27(24,25)22-7-5-21(6-8-22)15(23)13-2-1-9-26-13/h3-4,10,13H,1-2,5-9H2/t13-/m0/s1. The molecule has 1 atom stereocenters. The van der Waals surface area contributed by atoms with Crippen LogP contribution in [0.25, 0.3) is 0 Å². The predicted molar refractivity (Wildman–Crippen MR) is 90.8 cm³/mol. The Hall–Kier alpha value is -1.36. The van der Waals surface area contributed by atoms with Crippen molar-refractivity contribution in [3.05, 3.63) is 28.8 Å². The molecule has 2 aliphatic heterocycles. The van der Waals surface area contributed by atoms with E-state index in [0.717, 1.165) is 22.9 Å². The van der Waals surface area contributed by atoms with Gasteiger partial charge in [-0.3, -0.25) is 4.79 Å². The normalized spacial score (nSPS) is 22.2. The van der Waals surface area contributed by atoms with Gasteiger partial charge in [0, 0.05) is 32.8 Å². The van der Waals surface area contributed by atoms with Gasteiger partial charge < -0.3 is 9.64 Å². The molecule has 11 heteroatoms. The van der Waals surface area contributed by atoms with E-state index in [9.17, 15) is 26.4 Å². The van der Waals surface area contributed by atoms with Crippen LogP contribution < -0.4 is 0 Å². The fourth-order valence-electron chi connectivity index (χ4n) is 3.14. The summed E-state index contributed by atoms with van der Waals surface area (Å²) in [7, 11) is -4.21. The summed E-state index contributed by atoms with van der Waals surface area (Å²) in [5.41, 5.74) is -1.09. The van der Waals surface area contributed by atoms with Crippen molar-refractivity contribution in [1.82, 2.24) is 9.21 Å². The number of carbonyl (C=O) groups is 1. The first-order valence-electron chi connectivity index (χ1n) is 8.38. The molecule has 1 aromatic carbocycles. The Morgan fingerprint density at radius 1 is 1.19 bits per heavy atom. The molecule has 1 amide bonds. The summed E-state index contributed by atoms with van der Waals surface area (Å²) >= 11 is 5.86. The van der Waals surface area contributed by atoms with Crippen molar-refractivity contribution in [2.24, 2.45) is 0 Å². The number of hydrogen-bond acceptors (Lipinski definition) is 4. The SMILES string of the molecule is O=C([C@@H]1CCCO1)N1CCN(S(=O)(=O)c2cc(C(F)(F)F)ccc2Cl)CC1. The topological polar surface area (TPSA) is 66.9 Å². The highest BCUT2D eigenvalue weighted by molar-refractivity contribution is 7.89. The number of alkyl halides is 3. The number of amides is 1. The van der Waals surface area contributed by atoms with Crippen LogP contribution in [0.1, 0.15) is 18.4 Å². The number of sulfonamides is 1. The Morgan fingerprint density at radius 3 is 2.41 bits per heavy atom. The van der Waals surface area contributed by atoms with Gasteiger partial charge in [0.15, 0.2) is 0 Å². The van der Waals surface area contributed by atoms with Crippen LogP contribution in [0.2, 0.25) is 5.02 Å². The van der Waals surface area contributed by atoms with Gasteiger partial charge in [0.1, 0.15) is 11.0 Å². The average molecular weight is 427 g/mol. The van der Waals surface area contributed by atoms with Gasteiger partial charge in [-0.25, -0.2) is 8.42 Å².